The van der Waals surface area contributed by atoms with Gasteiger partial charge in [-0.25, -0.2) is 0 Å². The van der Waals surface area contributed by atoms with Crippen LogP contribution in [0.25, 0.3) is 0 Å². The van der Waals surface area contributed by atoms with Gasteiger partial charge in [-0.05, 0) is 13.3 Å². The monoisotopic (exact) mass is 237 g/mol. The molecule has 0 amide bonds. The topological polar surface area (TPSA) is 26.3 Å². The van der Waals surface area contributed by atoms with Crippen LogP contribution in [0, 0.1) is 0 Å². The molecule has 1 radical (unpaired) electrons. The van der Waals surface area contributed by atoms with E-state index in [0.717, 1.165) is 19.3 Å². The number of rotatable bonds is 5. The number of hydrogen-bond acceptors (Lipinski definition) is 2. The molecule has 0 aromatic heterocycles. The molecule has 0 N–H and O–H groups in total. The van der Waals surface area contributed by atoms with Gasteiger partial charge in [0.2, 0.25) is 0 Å². The normalized spacial score (nSPS) is 8.55. The van der Waals surface area contributed by atoms with Gasteiger partial charge in [0.05, 0.1) is 6.61 Å². The number of carbonyl (C=O) groups excluding carboxylic acids is 1. The Morgan fingerprint density at radius 2 is 1.91 bits per heavy atom. The van der Waals surface area contributed by atoms with E-state index >= 15 is 0 Å². The fourth-order valence-electron chi connectivity index (χ4n) is 0.752. The number of hydrogen-bond donors (Lipinski definition) is 0. The van der Waals surface area contributed by atoms with Gasteiger partial charge in [-0.15, -0.1) is 0 Å². The quantitative estimate of drug-likeness (QED) is 0.416. The number of esters is 1. The van der Waals surface area contributed by atoms with Crippen molar-refractivity contribution in [2.45, 2.75) is 39.5 Å². The second-order valence-electron chi connectivity index (χ2n) is 2.26. The Morgan fingerprint density at radius 3 is 2.36 bits per heavy atom. The average Bonchev–Trinajstić information content (AvgIpc) is 1.89. The average molecular weight is 237 g/mol. The van der Waals surface area contributed by atoms with Crippen LogP contribution in [0.3, 0.4) is 0 Å². The Hall–Kier alpha value is 0.210. The molecule has 0 aliphatic rings. The molecule has 0 aliphatic heterocycles. The SMILES string of the molecule is CCCCCC(=O)OCC.[Nb]. The van der Waals surface area contributed by atoms with Crippen molar-refractivity contribution in [3.05, 3.63) is 0 Å². The Balaban J connectivity index is 0. The van der Waals surface area contributed by atoms with Crippen LogP contribution in [0.1, 0.15) is 39.5 Å². The van der Waals surface area contributed by atoms with Crippen molar-refractivity contribution in [1.29, 1.82) is 0 Å². The number of ether oxygens (including phenoxy) is 1. The van der Waals surface area contributed by atoms with Crippen LogP contribution in [-0.4, -0.2) is 12.6 Å². The van der Waals surface area contributed by atoms with E-state index < -0.39 is 0 Å². The van der Waals surface area contributed by atoms with Crippen LogP contribution in [0.15, 0.2) is 0 Å². The molecule has 0 saturated heterocycles. The zero-order chi connectivity index (χ0) is 7.82. The summed E-state index contributed by atoms with van der Waals surface area (Å²) < 4.78 is 4.75. The third-order valence-corrected chi connectivity index (χ3v) is 1.29. The summed E-state index contributed by atoms with van der Waals surface area (Å²) in [5.74, 6) is -0.0593. The molecule has 0 aromatic carbocycles. The van der Waals surface area contributed by atoms with Gasteiger partial charge in [0, 0.05) is 28.8 Å². The summed E-state index contributed by atoms with van der Waals surface area (Å²) in [5.41, 5.74) is 0. The maximum absolute atomic E-state index is 10.7. The molecule has 0 heterocycles. The predicted molar refractivity (Wildman–Crippen MR) is 40.8 cm³/mol. The first-order valence-electron chi connectivity index (χ1n) is 3.96. The summed E-state index contributed by atoms with van der Waals surface area (Å²) in [6.45, 7) is 4.45. The van der Waals surface area contributed by atoms with Gasteiger partial charge in [0.1, 0.15) is 0 Å². The van der Waals surface area contributed by atoms with Crippen LogP contribution in [0.2, 0.25) is 0 Å². The van der Waals surface area contributed by atoms with Crippen LogP contribution in [0.5, 0.6) is 0 Å². The van der Waals surface area contributed by atoms with Crippen molar-refractivity contribution in [2.75, 3.05) is 6.61 Å². The smallest absolute Gasteiger partial charge is 0.305 e. The third kappa shape index (κ3) is 10.2. The van der Waals surface area contributed by atoms with Crippen LogP contribution >= 0.6 is 0 Å². The molecule has 0 rings (SSSR count). The zero-order valence-electron chi connectivity index (χ0n) is 7.30. The van der Waals surface area contributed by atoms with Gasteiger partial charge < -0.3 is 4.74 Å². The van der Waals surface area contributed by atoms with Crippen molar-refractivity contribution in [2.24, 2.45) is 0 Å². The van der Waals surface area contributed by atoms with Gasteiger partial charge in [-0.2, -0.15) is 0 Å². The van der Waals surface area contributed by atoms with Gasteiger partial charge in [0.25, 0.3) is 0 Å². The molecule has 0 saturated carbocycles. The maximum atomic E-state index is 10.7. The van der Waals surface area contributed by atoms with Gasteiger partial charge in [-0.1, -0.05) is 19.8 Å². The van der Waals surface area contributed by atoms with Crippen molar-refractivity contribution in [3.63, 3.8) is 0 Å². The van der Waals surface area contributed by atoms with Crippen molar-refractivity contribution < 1.29 is 31.9 Å². The molecule has 65 valence electrons. The van der Waals surface area contributed by atoms with E-state index in [1.807, 2.05) is 6.92 Å². The van der Waals surface area contributed by atoms with E-state index in [9.17, 15) is 4.79 Å². The molecule has 0 aliphatic carbocycles. The molecule has 0 spiro atoms. The fraction of sp³-hybridized carbons (Fsp3) is 0.875. The Kier molecular flexibility index (Phi) is 12.8. The van der Waals surface area contributed by atoms with Crippen molar-refractivity contribution >= 4 is 5.97 Å². The third-order valence-electron chi connectivity index (χ3n) is 1.29. The van der Waals surface area contributed by atoms with Crippen molar-refractivity contribution in [3.8, 4) is 0 Å². The van der Waals surface area contributed by atoms with Crippen LogP contribution < -0.4 is 0 Å². The van der Waals surface area contributed by atoms with E-state index in [1.54, 1.807) is 0 Å². The minimum atomic E-state index is -0.0593. The molecule has 0 bridgehead atoms. The fourth-order valence-corrected chi connectivity index (χ4v) is 0.752. The summed E-state index contributed by atoms with van der Waals surface area (Å²) in [6, 6.07) is 0. The van der Waals surface area contributed by atoms with E-state index in [2.05, 4.69) is 6.92 Å². The van der Waals surface area contributed by atoms with Crippen molar-refractivity contribution in [1.82, 2.24) is 0 Å². The van der Waals surface area contributed by atoms with Crippen LogP contribution in [-0.2, 0) is 31.9 Å². The molecular formula is C8H16NbO2. The van der Waals surface area contributed by atoms with E-state index in [4.69, 9.17) is 4.74 Å². The molecular weight excluding hydrogens is 221 g/mol. The molecule has 0 aromatic rings. The minimum absolute atomic E-state index is 0. The Morgan fingerprint density at radius 1 is 1.27 bits per heavy atom. The van der Waals surface area contributed by atoms with Crippen LogP contribution in [0.4, 0.5) is 0 Å². The molecule has 3 heteroatoms. The standard InChI is InChI=1S/C8H16O2.Nb/c1-3-5-6-7-8(9)10-4-2;/h3-7H2,1-2H3;. The largest absolute Gasteiger partial charge is 0.466 e. The summed E-state index contributed by atoms with van der Waals surface area (Å²) in [7, 11) is 0. The number of carbonyl (C=O) groups is 1. The Bertz CT molecular complexity index is 94.1. The van der Waals surface area contributed by atoms with Gasteiger partial charge >= 0.3 is 5.97 Å². The Labute approximate surface area is 84.2 Å². The van der Waals surface area contributed by atoms with E-state index in [-0.39, 0.29) is 28.3 Å². The molecule has 0 fully saturated rings. The molecule has 11 heavy (non-hydrogen) atoms. The second kappa shape index (κ2) is 10.2. The molecule has 2 nitrogen and oxygen atoms in total. The molecule has 0 unspecified atom stereocenters. The van der Waals surface area contributed by atoms with Gasteiger partial charge in [0.15, 0.2) is 0 Å². The summed E-state index contributed by atoms with van der Waals surface area (Å²) in [6.07, 6.45) is 3.83. The summed E-state index contributed by atoms with van der Waals surface area (Å²) in [5, 5.41) is 0. The first-order valence-corrected chi connectivity index (χ1v) is 3.96. The minimum Gasteiger partial charge on any atom is -0.466 e. The zero-order valence-corrected chi connectivity index (χ0v) is 9.50. The summed E-state index contributed by atoms with van der Waals surface area (Å²) >= 11 is 0. The first-order chi connectivity index (χ1) is 4.81. The van der Waals surface area contributed by atoms with Gasteiger partial charge in [-0.3, -0.25) is 4.79 Å². The first kappa shape index (κ1) is 13.8. The maximum Gasteiger partial charge on any atom is 0.305 e. The van der Waals surface area contributed by atoms with E-state index in [1.165, 1.54) is 0 Å². The van der Waals surface area contributed by atoms with E-state index in [0.29, 0.717) is 13.0 Å². The second-order valence-corrected chi connectivity index (χ2v) is 2.26. The predicted octanol–water partition coefficient (Wildman–Crippen LogP) is 2.13. The molecule has 0 atom stereocenters. The number of unbranched alkanes of at least 4 members (excludes halogenated alkanes) is 2. The summed E-state index contributed by atoms with van der Waals surface area (Å²) in [4.78, 5) is 10.7.